The van der Waals surface area contributed by atoms with Crippen LogP contribution in [-0.4, -0.2) is 11.8 Å². The molecule has 0 aromatic heterocycles. The van der Waals surface area contributed by atoms with Crippen LogP contribution in [0.1, 0.15) is 34.0 Å². The van der Waals surface area contributed by atoms with Crippen LogP contribution in [0.3, 0.4) is 0 Å². The van der Waals surface area contributed by atoms with Crippen molar-refractivity contribution in [3.05, 3.63) is 101 Å². The maximum Gasteiger partial charge on any atom is 0.251 e. The molecule has 3 aromatic rings. The summed E-state index contributed by atoms with van der Waals surface area (Å²) in [6.45, 7) is 2.96. The van der Waals surface area contributed by atoms with E-state index >= 15 is 0 Å². The number of carbonyl (C=O) groups is 2. The molecule has 0 aliphatic heterocycles. The highest BCUT2D eigenvalue weighted by atomic mass is 16.5. The van der Waals surface area contributed by atoms with Gasteiger partial charge in [0.25, 0.3) is 5.91 Å². The van der Waals surface area contributed by atoms with E-state index < -0.39 is 0 Å². The average molecular weight is 388 g/mol. The minimum absolute atomic E-state index is 0.144. The van der Waals surface area contributed by atoms with Crippen LogP contribution in [0, 0.1) is 0 Å². The van der Waals surface area contributed by atoms with Crippen molar-refractivity contribution >= 4 is 17.5 Å². The second-order valence-electron chi connectivity index (χ2n) is 6.74. The van der Waals surface area contributed by atoms with Crippen molar-refractivity contribution in [1.82, 2.24) is 5.32 Å². The number of hydrogen-bond acceptors (Lipinski definition) is 3. The highest BCUT2D eigenvalue weighted by Crippen LogP contribution is 2.11. The first-order valence-corrected chi connectivity index (χ1v) is 9.45. The monoisotopic (exact) mass is 388 g/mol. The SMILES string of the molecule is CC(=O)Nc1ccc(C(=O)NCc2cccc(COCc3ccccc3)c2)cc1. The Morgan fingerprint density at radius 3 is 2.17 bits per heavy atom. The van der Waals surface area contributed by atoms with Crippen molar-refractivity contribution in [2.24, 2.45) is 0 Å². The number of nitrogens with one attached hydrogen (secondary N) is 2. The fraction of sp³-hybridized carbons (Fsp3) is 0.167. The van der Waals surface area contributed by atoms with Crippen molar-refractivity contribution in [3.63, 3.8) is 0 Å². The minimum Gasteiger partial charge on any atom is -0.372 e. The van der Waals surface area contributed by atoms with Crippen LogP contribution in [0.4, 0.5) is 5.69 Å². The second-order valence-corrected chi connectivity index (χ2v) is 6.74. The average Bonchev–Trinajstić information content (AvgIpc) is 2.73. The largest absolute Gasteiger partial charge is 0.372 e. The van der Waals surface area contributed by atoms with E-state index in [1.165, 1.54) is 6.92 Å². The van der Waals surface area contributed by atoms with Gasteiger partial charge in [0.15, 0.2) is 0 Å². The van der Waals surface area contributed by atoms with Crippen molar-refractivity contribution < 1.29 is 14.3 Å². The fourth-order valence-corrected chi connectivity index (χ4v) is 2.88. The molecule has 0 aliphatic carbocycles. The Kier molecular flexibility index (Phi) is 7.14. The van der Waals surface area contributed by atoms with Gasteiger partial charge in [-0.2, -0.15) is 0 Å². The van der Waals surface area contributed by atoms with Gasteiger partial charge in [0, 0.05) is 24.7 Å². The molecule has 0 saturated carbocycles. The molecule has 0 aliphatic rings. The molecule has 0 heterocycles. The number of rotatable bonds is 8. The lowest BCUT2D eigenvalue weighted by Gasteiger charge is -2.09. The first kappa shape index (κ1) is 20.3. The van der Waals surface area contributed by atoms with Crippen molar-refractivity contribution in [3.8, 4) is 0 Å². The topological polar surface area (TPSA) is 67.4 Å². The maximum atomic E-state index is 12.3. The van der Waals surface area contributed by atoms with Crippen LogP contribution in [-0.2, 0) is 29.3 Å². The predicted molar refractivity (Wildman–Crippen MR) is 113 cm³/mol. The molecule has 2 N–H and O–H groups in total. The van der Waals surface area contributed by atoms with Crippen LogP contribution in [0.5, 0.6) is 0 Å². The Morgan fingerprint density at radius 1 is 0.793 bits per heavy atom. The number of hydrogen-bond donors (Lipinski definition) is 2. The molecule has 0 fully saturated rings. The molecule has 0 bridgehead atoms. The van der Waals surface area contributed by atoms with Crippen molar-refractivity contribution in [2.75, 3.05) is 5.32 Å². The highest BCUT2D eigenvalue weighted by Gasteiger charge is 2.06. The normalized spacial score (nSPS) is 10.4. The van der Waals surface area contributed by atoms with E-state index in [0.717, 1.165) is 16.7 Å². The molecule has 2 amide bonds. The Labute approximate surface area is 170 Å². The lowest BCUT2D eigenvalue weighted by atomic mass is 10.1. The molecule has 0 radical (unpaired) electrons. The zero-order chi connectivity index (χ0) is 20.5. The lowest BCUT2D eigenvalue weighted by Crippen LogP contribution is -2.22. The molecule has 3 rings (SSSR count). The minimum atomic E-state index is -0.162. The zero-order valence-electron chi connectivity index (χ0n) is 16.4. The highest BCUT2D eigenvalue weighted by molar-refractivity contribution is 5.95. The molecule has 5 heteroatoms. The Morgan fingerprint density at radius 2 is 1.45 bits per heavy atom. The quantitative estimate of drug-likeness (QED) is 0.605. The van der Waals surface area contributed by atoms with E-state index in [-0.39, 0.29) is 11.8 Å². The summed E-state index contributed by atoms with van der Waals surface area (Å²) < 4.78 is 5.78. The first-order valence-electron chi connectivity index (χ1n) is 9.45. The number of anilines is 1. The molecular formula is C24H24N2O3. The van der Waals surface area contributed by atoms with Crippen molar-refractivity contribution in [2.45, 2.75) is 26.7 Å². The van der Waals surface area contributed by atoms with Crippen molar-refractivity contribution in [1.29, 1.82) is 0 Å². The first-order chi connectivity index (χ1) is 14.1. The van der Waals surface area contributed by atoms with Crippen LogP contribution in [0.25, 0.3) is 0 Å². The third-order valence-corrected chi connectivity index (χ3v) is 4.29. The maximum absolute atomic E-state index is 12.3. The van der Waals surface area contributed by atoms with Gasteiger partial charge in [-0.3, -0.25) is 9.59 Å². The van der Waals surface area contributed by atoms with E-state index in [1.54, 1.807) is 24.3 Å². The molecule has 0 spiro atoms. The number of carbonyl (C=O) groups excluding carboxylic acids is 2. The Hall–Kier alpha value is -3.44. The van der Waals surface area contributed by atoms with E-state index in [9.17, 15) is 9.59 Å². The Balaban J connectivity index is 1.49. The molecular weight excluding hydrogens is 364 g/mol. The van der Waals surface area contributed by atoms with E-state index in [0.29, 0.717) is 31.0 Å². The molecule has 0 atom stereocenters. The summed E-state index contributed by atoms with van der Waals surface area (Å²) in [5.74, 6) is -0.306. The van der Waals surface area contributed by atoms with Crippen LogP contribution in [0.15, 0.2) is 78.9 Å². The fourth-order valence-electron chi connectivity index (χ4n) is 2.88. The van der Waals surface area contributed by atoms with E-state index in [4.69, 9.17) is 4.74 Å². The van der Waals surface area contributed by atoms with Gasteiger partial charge in [-0.25, -0.2) is 0 Å². The number of ether oxygens (including phenoxy) is 1. The molecule has 5 nitrogen and oxygen atoms in total. The molecule has 148 valence electrons. The lowest BCUT2D eigenvalue weighted by molar-refractivity contribution is -0.114. The second kappa shape index (κ2) is 10.2. The van der Waals surface area contributed by atoms with E-state index in [1.807, 2.05) is 54.6 Å². The number of amides is 2. The van der Waals surface area contributed by atoms with Crippen LogP contribution >= 0.6 is 0 Å². The third kappa shape index (κ3) is 6.59. The van der Waals surface area contributed by atoms with Gasteiger partial charge < -0.3 is 15.4 Å². The predicted octanol–water partition coefficient (Wildman–Crippen LogP) is 4.29. The smallest absolute Gasteiger partial charge is 0.251 e. The Bertz CT molecular complexity index is 953. The van der Waals surface area contributed by atoms with Gasteiger partial charge in [-0.1, -0.05) is 54.6 Å². The summed E-state index contributed by atoms with van der Waals surface area (Å²) >= 11 is 0. The third-order valence-electron chi connectivity index (χ3n) is 4.29. The summed E-state index contributed by atoms with van der Waals surface area (Å²) in [5.41, 5.74) is 4.42. The standard InChI is InChI=1S/C24H24N2O3/c1-18(27)26-23-12-10-22(11-13-23)24(28)25-15-20-8-5-9-21(14-20)17-29-16-19-6-3-2-4-7-19/h2-14H,15-17H2,1H3,(H,25,28)(H,26,27). The van der Waals surface area contributed by atoms with Gasteiger partial charge in [0.2, 0.25) is 5.91 Å². The summed E-state index contributed by atoms with van der Waals surface area (Å²) in [4.78, 5) is 23.4. The summed E-state index contributed by atoms with van der Waals surface area (Å²) in [6.07, 6.45) is 0. The summed E-state index contributed by atoms with van der Waals surface area (Å²) in [7, 11) is 0. The van der Waals surface area contributed by atoms with Gasteiger partial charge in [0.1, 0.15) is 0 Å². The van der Waals surface area contributed by atoms with Crippen LogP contribution in [0.2, 0.25) is 0 Å². The molecule has 0 unspecified atom stereocenters. The molecule has 29 heavy (non-hydrogen) atoms. The number of benzene rings is 3. The van der Waals surface area contributed by atoms with Gasteiger partial charge in [0.05, 0.1) is 13.2 Å². The summed E-state index contributed by atoms with van der Waals surface area (Å²) in [5, 5.41) is 5.60. The van der Waals surface area contributed by atoms with Gasteiger partial charge in [-0.15, -0.1) is 0 Å². The zero-order valence-corrected chi connectivity index (χ0v) is 16.4. The van der Waals surface area contributed by atoms with Gasteiger partial charge in [-0.05, 0) is 41.0 Å². The van der Waals surface area contributed by atoms with E-state index in [2.05, 4.69) is 10.6 Å². The summed E-state index contributed by atoms with van der Waals surface area (Å²) in [6, 6.07) is 24.8. The molecule has 0 saturated heterocycles. The van der Waals surface area contributed by atoms with Crippen LogP contribution < -0.4 is 10.6 Å². The van der Waals surface area contributed by atoms with Gasteiger partial charge >= 0.3 is 0 Å². The molecule has 3 aromatic carbocycles.